The number of hydrogen-bond acceptors (Lipinski definition) is 0. The molecule has 0 spiro atoms. The minimum absolute atomic E-state index is 0.0836. The van der Waals surface area contributed by atoms with E-state index in [2.05, 4.69) is 0 Å². The average Bonchev–Trinajstić information content (AvgIpc) is 2.66. The summed E-state index contributed by atoms with van der Waals surface area (Å²) < 4.78 is 69.4. The monoisotopic (exact) mass is 372 g/mol. The van der Waals surface area contributed by atoms with Crippen LogP contribution in [-0.4, -0.2) is 0 Å². The SMILES string of the molecule is CCc1ccc2c(cc(F)c3cc(-c4cc(F)c(F)c(F)c4)ccc32)c1F. The van der Waals surface area contributed by atoms with Crippen LogP contribution in [0.2, 0.25) is 0 Å². The molecule has 0 atom stereocenters. The summed E-state index contributed by atoms with van der Waals surface area (Å²) in [6.07, 6.45) is 0.488. The van der Waals surface area contributed by atoms with E-state index in [1.54, 1.807) is 24.3 Å². The first kappa shape index (κ1) is 17.5. The highest BCUT2D eigenvalue weighted by molar-refractivity contribution is 6.09. The quantitative estimate of drug-likeness (QED) is 0.204. The minimum Gasteiger partial charge on any atom is -0.206 e. The summed E-state index contributed by atoms with van der Waals surface area (Å²) in [6.45, 7) is 1.81. The van der Waals surface area contributed by atoms with Gasteiger partial charge in [0.05, 0.1) is 0 Å². The van der Waals surface area contributed by atoms with Gasteiger partial charge in [-0.3, -0.25) is 0 Å². The third kappa shape index (κ3) is 2.74. The van der Waals surface area contributed by atoms with Gasteiger partial charge in [-0.25, -0.2) is 22.0 Å². The molecule has 0 radical (unpaired) electrons. The minimum atomic E-state index is -1.56. The Morgan fingerprint density at radius 1 is 0.556 bits per heavy atom. The normalized spacial score (nSPS) is 11.5. The van der Waals surface area contributed by atoms with E-state index in [0.717, 1.165) is 18.2 Å². The molecule has 0 heterocycles. The smallest absolute Gasteiger partial charge is 0.194 e. The highest BCUT2D eigenvalue weighted by Crippen LogP contribution is 2.34. The summed E-state index contributed by atoms with van der Waals surface area (Å²) in [5.41, 5.74) is 0.902. The van der Waals surface area contributed by atoms with Crippen LogP contribution in [-0.2, 0) is 6.42 Å². The number of aryl methyl sites for hydroxylation is 1. The van der Waals surface area contributed by atoms with Crippen molar-refractivity contribution in [3.8, 4) is 11.1 Å². The van der Waals surface area contributed by atoms with E-state index in [9.17, 15) is 22.0 Å². The van der Waals surface area contributed by atoms with Crippen LogP contribution >= 0.6 is 0 Å². The van der Waals surface area contributed by atoms with Crippen molar-refractivity contribution >= 4 is 21.5 Å². The zero-order valence-electron chi connectivity index (χ0n) is 14.2. The zero-order chi connectivity index (χ0) is 19.3. The van der Waals surface area contributed by atoms with Crippen LogP contribution < -0.4 is 0 Å². The topological polar surface area (TPSA) is 0 Å². The molecule has 0 bridgehead atoms. The molecular weight excluding hydrogens is 359 g/mol. The van der Waals surface area contributed by atoms with Gasteiger partial charge in [0, 0.05) is 10.8 Å². The van der Waals surface area contributed by atoms with Gasteiger partial charge in [-0.1, -0.05) is 31.2 Å². The van der Waals surface area contributed by atoms with E-state index in [1.807, 2.05) is 6.92 Å². The first-order valence-corrected chi connectivity index (χ1v) is 8.39. The third-order valence-electron chi connectivity index (χ3n) is 4.80. The molecule has 4 rings (SSSR count). The number of hydrogen-bond donors (Lipinski definition) is 0. The van der Waals surface area contributed by atoms with Crippen LogP contribution in [0.5, 0.6) is 0 Å². The Morgan fingerprint density at radius 3 is 1.85 bits per heavy atom. The highest BCUT2D eigenvalue weighted by Gasteiger charge is 2.15. The summed E-state index contributed by atoms with van der Waals surface area (Å²) in [5, 5.41) is 1.40. The lowest BCUT2D eigenvalue weighted by atomic mass is 9.95. The van der Waals surface area contributed by atoms with Crippen molar-refractivity contribution in [3.05, 3.63) is 83.2 Å². The Kier molecular flexibility index (Phi) is 4.10. The molecule has 0 aliphatic rings. The number of benzene rings is 4. The molecule has 0 saturated heterocycles. The Bertz CT molecular complexity index is 1190. The van der Waals surface area contributed by atoms with E-state index >= 15 is 0 Å². The van der Waals surface area contributed by atoms with E-state index < -0.39 is 29.1 Å². The van der Waals surface area contributed by atoms with Crippen LogP contribution in [0.4, 0.5) is 22.0 Å². The Hall–Kier alpha value is -2.95. The Balaban J connectivity index is 1.98. The van der Waals surface area contributed by atoms with Crippen molar-refractivity contribution in [3.63, 3.8) is 0 Å². The standard InChI is InChI=1S/C22H13F5/c1-2-11-3-5-15-14-6-4-12(13-8-19(24)22(27)20(25)9-13)7-16(14)18(23)10-17(15)21(11)26/h3-10H,2H2,1H3. The maximum Gasteiger partial charge on any atom is 0.194 e. The van der Waals surface area contributed by atoms with Gasteiger partial charge in [0.2, 0.25) is 0 Å². The zero-order valence-corrected chi connectivity index (χ0v) is 14.2. The van der Waals surface area contributed by atoms with E-state index in [-0.39, 0.29) is 16.3 Å². The van der Waals surface area contributed by atoms with Crippen molar-refractivity contribution in [2.45, 2.75) is 13.3 Å². The second-order valence-corrected chi connectivity index (χ2v) is 6.36. The molecule has 0 aliphatic carbocycles. The first-order chi connectivity index (χ1) is 12.9. The largest absolute Gasteiger partial charge is 0.206 e. The lowest BCUT2D eigenvalue weighted by Gasteiger charge is -2.11. The van der Waals surface area contributed by atoms with Crippen molar-refractivity contribution in [2.75, 3.05) is 0 Å². The highest BCUT2D eigenvalue weighted by atomic mass is 19.2. The molecule has 0 aromatic heterocycles. The van der Waals surface area contributed by atoms with Crippen molar-refractivity contribution in [1.82, 2.24) is 0 Å². The predicted octanol–water partition coefficient (Wildman–Crippen LogP) is 6.92. The van der Waals surface area contributed by atoms with Gasteiger partial charge in [-0.2, -0.15) is 0 Å². The van der Waals surface area contributed by atoms with E-state index in [1.165, 1.54) is 6.07 Å². The summed E-state index contributed by atoms with van der Waals surface area (Å²) in [7, 11) is 0. The summed E-state index contributed by atoms with van der Waals surface area (Å²) in [4.78, 5) is 0. The van der Waals surface area contributed by atoms with Crippen LogP contribution in [0.25, 0.3) is 32.7 Å². The summed E-state index contributed by atoms with van der Waals surface area (Å²) in [6, 6.07) is 10.8. The second-order valence-electron chi connectivity index (χ2n) is 6.36. The maximum atomic E-state index is 14.7. The number of fused-ring (bicyclic) bond motifs is 3. The maximum absolute atomic E-state index is 14.7. The second kappa shape index (κ2) is 6.34. The van der Waals surface area contributed by atoms with Crippen LogP contribution in [0.1, 0.15) is 12.5 Å². The molecule has 0 N–H and O–H groups in total. The van der Waals surface area contributed by atoms with Gasteiger partial charge < -0.3 is 0 Å². The summed E-state index contributed by atoms with van der Waals surface area (Å²) in [5.74, 6) is -5.30. The van der Waals surface area contributed by atoms with E-state index in [0.29, 0.717) is 28.3 Å². The molecule has 0 unspecified atom stereocenters. The van der Waals surface area contributed by atoms with Crippen molar-refractivity contribution in [1.29, 1.82) is 0 Å². The lowest BCUT2D eigenvalue weighted by Crippen LogP contribution is -1.94. The Morgan fingerprint density at radius 2 is 1.19 bits per heavy atom. The van der Waals surface area contributed by atoms with Gasteiger partial charge in [0.1, 0.15) is 11.6 Å². The Labute approximate surface area is 151 Å². The van der Waals surface area contributed by atoms with Gasteiger partial charge in [-0.15, -0.1) is 0 Å². The first-order valence-electron chi connectivity index (χ1n) is 8.39. The lowest BCUT2D eigenvalue weighted by molar-refractivity contribution is 0.448. The third-order valence-corrected chi connectivity index (χ3v) is 4.80. The molecule has 4 aromatic carbocycles. The fourth-order valence-corrected chi connectivity index (χ4v) is 3.37. The number of rotatable bonds is 2. The van der Waals surface area contributed by atoms with Crippen LogP contribution in [0, 0.1) is 29.1 Å². The molecule has 0 fully saturated rings. The molecule has 0 saturated carbocycles. The van der Waals surface area contributed by atoms with Crippen molar-refractivity contribution in [2.24, 2.45) is 0 Å². The molecule has 0 amide bonds. The molecule has 5 heteroatoms. The van der Waals surface area contributed by atoms with Crippen LogP contribution in [0.15, 0.2) is 48.5 Å². The molecule has 136 valence electrons. The molecular formula is C22H13F5. The molecule has 0 aliphatic heterocycles. The molecule has 27 heavy (non-hydrogen) atoms. The van der Waals surface area contributed by atoms with Gasteiger partial charge >= 0.3 is 0 Å². The molecule has 4 aromatic rings. The fraction of sp³-hybridized carbons (Fsp3) is 0.0909. The van der Waals surface area contributed by atoms with Gasteiger partial charge in [0.15, 0.2) is 17.5 Å². The average molecular weight is 372 g/mol. The number of halogens is 5. The van der Waals surface area contributed by atoms with E-state index in [4.69, 9.17) is 0 Å². The van der Waals surface area contributed by atoms with Crippen LogP contribution in [0.3, 0.4) is 0 Å². The van der Waals surface area contributed by atoms with Crippen molar-refractivity contribution < 1.29 is 22.0 Å². The summed E-state index contributed by atoms with van der Waals surface area (Å²) >= 11 is 0. The van der Waals surface area contributed by atoms with Gasteiger partial charge in [0.25, 0.3) is 0 Å². The predicted molar refractivity (Wildman–Crippen MR) is 96.1 cm³/mol. The fourth-order valence-electron chi connectivity index (χ4n) is 3.37. The molecule has 0 nitrogen and oxygen atoms in total. The van der Waals surface area contributed by atoms with Gasteiger partial charge in [-0.05, 0) is 58.1 Å².